The number of hydrogen-bond donors (Lipinski definition) is 1. The van der Waals surface area contributed by atoms with E-state index in [9.17, 15) is 4.79 Å². The quantitative estimate of drug-likeness (QED) is 0.853. The van der Waals surface area contributed by atoms with Crippen molar-refractivity contribution in [3.05, 3.63) is 54.1 Å². The normalized spacial score (nSPS) is 11.4. The van der Waals surface area contributed by atoms with Crippen LogP contribution >= 0.6 is 0 Å². The molecule has 0 radical (unpaired) electrons. The molecule has 23 heavy (non-hydrogen) atoms. The van der Waals surface area contributed by atoms with Crippen LogP contribution < -0.4 is 19.5 Å². The molecule has 0 saturated heterocycles. The van der Waals surface area contributed by atoms with Crippen LogP contribution in [0, 0.1) is 0 Å². The third kappa shape index (κ3) is 4.92. The van der Waals surface area contributed by atoms with Gasteiger partial charge in [0.15, 0.2) is 6.10 Å². The lowest BCUT2D eigenvalue weighted by molar-refractivity contribution is -0.127. The van der Waals surface area contributed by atoms with E-state index >= 15 is 0 Å². The summed E-state index contributed by atoms with van der Waals surface area (Å²) in [7, 11) is 3.22. The topological polar surface area (TPSA) is 56.8 Å². The van der Waals surface area contributed by atoms with Crippen molar-refractivity contribution < 1.29 is 19.0 Å². The largest absolute Gasteiger partial charge is 0.497 e. The minimum atomic E-state index is -0.589. The van der Waals surface area contributed by atoms with Crippen LogP contribution in [0.1, 0.15) is 12.5 Å². The molecule has 122 valence electrons. The summed E-state index contributed by atoms with van der Waals surface area (Å²) in [5, 5.41) is 2.85. The van der Waals surface area contributed by atoms with Gasteiger partial charge in [0.05, 0.1) is 14.2 Å². The Labute approximate surface area is 136 Å². The summed E-state index contributed by atoms with van der Waals surface area (Å²) >= 11 is 0. The van der Waals surface area contributed by atoms with Crippen molar-refractivity contribution in [2.24, 2.45) is 0 Å². The summed E-state index contributed by atoms with van der Waals surface area (Å²) in [5.41, 5.74) is 0.967. The van der Waals surface area contributed by atoms with E-state index < -0.39 is 6.10 Å². The van der Waals surface area contributed by atoms with E-state index in [2.05, 4.69) is 5.32 Å². The molecule has 5 heteroatoms. The highest BCUT2D eigenvalue weighted by Crippen LogP contribution is 2.18. The first-order chi connectivity index (χ1) is 11.1. The van der Waals surface area contributed by atoms with Crippen LogP contribution in [-0.4, -0.2) is 26.2 Å². The van der Waals surface area contributed by atoms with E-state index in [4.69, 9.17) is 14.2 Å². The molecule has 0 heterocycles. The highest BCUT2D eigenvalue weighted by Gasteiger charge is 2.14. The lowest BCUT2D eigenvalue weighted by Crippen LogP contribution is -2.35. The van der Waals surface area contributed by atoms with Crippen molar-refractivity contribution in [3.63, 3.8) is 0 Å². The third-order valence-electron chi connectivity index (χ3n) is 3.34. The van der Waals surface area contributed by atoms with Gasteiger partial charge in [-0.25, -0.2) is 0 Å². The number of benzene rings is 2. The molecule has 1 unspecified atom stereocenters. The summed E-state index contributed by atoms with van der Waals surface area (Å²) in [6, 6.07) is 14.7. The van der Waals surface area contributed by atoms with E-state index in [1.54, 1.807) is 45.4 Å². The Bertz CT molecular complexity index is 640. The summed E-state index contributed by atoms with van der Waals surface area (Å²) in [4.78, 5) is 12.1. The van der Waals surface area contributed by atoms with E-state index in [0.717, 1.165) is 17.1 Å². The minimum Gasteiger partial charge on any atom is -0.497 e. The van der Waals surface area contributed by atoms with Gasteiger partial charge in [-0.2, -0.15) is 0 Å². The van der Waals surface area contributed by atoms with Crippen LogP contribution in [0.15, 0.2) is 48.5 Å². The number of carbonyl (C=O) groups excluding carboxylic acids is 1. The number of methoxy groups -OCH3 is 2. The van der Waals surface area contributed by atoms with Gasteiger partial charge in [0.1, 0.15) is 17.2 Å². The number of rotatable bonds is 7. The Balaban J connectivity index is 1.86. The summed E-state index contributed by atoms with van der Waals surface area (Å²) in [6.07, 6.45) is -0.589. The fourth-order valence-electron chi connectivity index (χ4n) is 2.03. The van der Waals surface area contributed by atoms with Crippen LogP contribution in [-0.2, 0) is 11.3 Å². The Morgan fingerprint density at radius 3 is 2.30 bits per heavy atom. The molecule has 2 rings (SSSR count). The van der Waals surface area contributed by atoms with Gasteiger partial charge in [-0.05, 0) is 48.9 Å². The van der Waals surface area contributed by atoms with E-state index in [-0.39, 0.29) is 5.91 Å². The number of nitrogens with one attached hydrogen (secondary N) is 1. The molecule has 0 aromatic heterocycles. The van der Waals surface area contributed by atoms with Crippen molar-refractivity contribution in [2.45, 2.75) is 19.6 Å². The monoisotopic (exact) mass is 315 g/mol. The van der Waals surface area contributed by atoms with Gasteiger partial charge in [0.25, 0.3) is 5.91 Å². The zero-order valence-electron chi connectivity index (χ0n) is 13.5. The van der Waals surface area contributed by atoms with Crippen molar-refractivity contribution in [1.29, 1.82) is 0 Å². The molecule has 0 spiro atoms. The molecule has 0 aliphatic rings. The zero-order valence-corrected chi connectivity index (χ0v) is 13.5. The third-order valence-corrected chi connectivity index (χ3v) is 3.34. The summed E-state index contributed by atoms with van der Waals surface area (Å²) in [5.74, 6) is 1.95. The molecular formula is C18H21NO4. The summed E-state index contributed by atoms with van der Waals surface area (Å²) < 4.78 is 15.9. The van der Waals surface area contributed by atoms with Gasteiger partial charge in [-0.15, -0.1) is 0 Å². The number of carbonyl (C=O) groups is 1. The van der Waals surface area contributed by atoms with Crippen LogP contribution in [0.4, 0.5) is 0 Å². The fourth-order valence-corrected chi connectivity index (χ4v) is 2.03. The van der Waals surface area contributed by atoms with Crippen LogP contribution in [0.25, 0.3) is 0 Å². The average Bonchev–Trinajstić information content (AvgIpc) is 2.60. The number of amides is 1. The first kappa shape index (κ1) is 16.7. The molecule has 1 atom stereocenters. The Hall–Kier alpha value is -2.69. The highest BCUT2D eigenvalue weighted by atomic mass is 16.5. The van der Waals surface area contributed by atoms with Gasteiger partial charge < -0.3 is 19.5 Å². The Morgan fingerprint density at radius 2 is 1.65 bits per heavy atom. The van der Waals surface area contributed by atoms with Crippen LogP contribution in [0.3, 0.4) is 0 Å². The maximum absolute atomic E-state index is 12.1. The van der Waals surface area contributed by atoms with Crippen LogP contribution in [0.5, 0.6) is 17.2 Å². The van der Waals surface area contributed by atoms with Gasteiger partial charge in [-0.3, -0.25) is 4.79 Å². The van der Waals surface area contributed by atoms with Gasteiger partial charge in [0.2, 0.25) is 0 Å². The highest BCUT2D eigenvalue weighted by molar-refractivity contribution is 5.80. The molecule has 1 N–H and O–H groups in total. The lowest BCUT2D eigenvalue weighted by Gasteiger charge is -2.15. The number of hydrogen-bond acceptors (Lipinski definition) is 4. The minimum absolute atomic E-state index is 0.177. The molecule has 1 amide bonds. The molecule has 2 aromatic rings. The van der Waals surface area contributed by atoms with Crippen molar-refractivity contribution in [1.82, 2.24) is 5.32 Å². The molecule has 0 bridgehead atoms. The van der Waals surface area contributed by atoms with Crippen molar-refractivity contribution >= 4 is 5.91 Å². The maximum atomic E-state index is 12.1. The predicted molar refractivity (Wildman–Crippen MR) is 87.9 cm³/mol. The first-order valence-corrected chi connectivity index (χ1v) is 7.33. The second-order valence-corrected chi connectivity index (χ2v) is 5.00. The molecule has 0 aliphatic carbocycles. The Kier molecular flexibility index (Phi) is 5.86. The maximum Gasteiger partial charge on any atom is 0.261 e. The van der Waals surface area contributed by atoms with E-state index in [1.807, 2.05) is 24.3 Å². The molecule has 5 nitrogen and oxygen atoms in total. The van der Waals surface area contributed by atoms with E-state index in [1.165, 1.54) is 0 Å². The Morgan fingerprint density at radius 1 is 1.00 bits per heavy atom. The zero-order chi connectivity index (χ0) is 16.7. The average molecular weight is 315 g/mol. The van der Waals surface area contributed by atoms with Crippen molar-refractivity contribution in [3.8, 4) is 17.2 Å². The molecular weight excluding hydrogens is 294 g/mol. The van der Waals surface area contributed by atoms with E-state index in [0.29, 0.717) is 12.3 Å². The fraction of sp³-hybridized carbons (Fsp3) is 0.278. The van der Waals surface area contributed by atoms with Gasteiger partial charge in [-0.1, -0.05) is 12.1 Å². The molecule has 0 fully saturated rings. The lowest BCUT2D eigenvalue weighted by atomic mass is 10.2. The van der Waals surface area contributed by atoms with Gasteiger partial charge >= 0.3 is 0 Å². The predicted octanol–water partition coefficient (Wildman–Crippen LogP) is 2.79. The molecule has 0 aliphatic heterocycles. The SMILES string of the molecule is COc1ccc(OC(C)C(=O)NCc2cccc(OC)c2)cc1. The van der Waals surface area contributed by atoms with Crippen molar-refractivity contribution in [2.75, 3.05) is 14.2 Å². The standard InChI is InChI=1S/C18H21NO4/c1-13(23-16-9-7-15(21-2)8-10-16)18(20)19-12-14-5-4-6-17(11-14)22-3/h4-11,13H,12H2,1-3H3,(H,19,20). The van der Waals surface area contributed by atoms with Gasteiger partial charge in [0, 0.05) is 6.54 Å². The summed E-state index contributed by atoms with van der Waals surface area (Å²) in [6.45, 7) is 2.14. The first-order valence-electron chi connectivity index (χ1n) is 7.33. The second-order valence-electron chi connectivity index (χ2n) is 5.00. The molecule has 0 saturated carbocycles. The molecule has 2 aromatic carbocycles. The van der Waals surface area contributed by atoms with Crippen LogP contribution in [0.2, 0.25) is 0 Å². The smallest absolute Gasteiger partial charge is 0.261 e. The number of ether oxygens (including phenoxy) is 3. The second kappa shape index (κ2) is 8.08.